The first kappa shape index (κ1) is 9.51. The molecule has 0 bridgehead atoms. The van der Waals surface area contributed by atoms with E-state index in [4.69, 9.17) is 5.11 Å². The quantitative estimate of drug-likeness (QED) is 0.708. The number of nitrogens with one attached hydrogen (secondary N) is 2. The Hall–Kier alpha value is -2.04. The monoisotopic (exact) mass is 205 g/mol. The van der Waals surface area contributed by atoms with Crippen LogP contribution in [-0.4, -0.2) is 27.1 Å². The zero-order valence-electron chi connectivity index (χ0n) is 8.19. The number of fused-ring (bicyclic) bond motifs is 1. The Labute approximate surface area is 86.1 Å². The van der Waals surface area contributed by atoms with Gasteiger partial charge >= 0.3 is 5.97 Å². The Kier molecular flexibility index (Phi) is 2.29. The summed E-state index contributed by atoms with van der Waals surface area (Å²) in [5, 5.41) is 11.5. The van der Waals surface area contributed by atoms with Crippen molar-refractivity contribution < 1.29 is 9.90 Å². The molecule has 0 fully saturated rings. The van der Waals surface area contributed by atoms with Crippen LogP contribution >= 0.6 is 0 Å². The highest BCUT2D eigenvalue weighted by molar-refractivity contribution is 5.79. The number of H-pyrrole nitrogens is 1. The molecule has 1 aromatic heterocycles. The number of carboxylic acid groups (broad SMARTS) is 1. The highest BCUT2D eigenvalue weighted by atomic mass is 16.4. The molecule has 2 aromatic rings. The van der Waals surface area contributed by atoms with E-state index in [1.807, 2.05) is 24.3 Å². The van der Waals surface area contributed by atoms with Crippen molar-refractivity contribution in [3.63, 3.8) is 0 Å². The summed E-state index contributed by atoms with van der Waals surface area (Å²) in [6.07, 6.45) is 0. The fraction of sp³-hybridized carbons (Fsp3) is 0.200. The zero-order chi connectivity index (χ0) is 10.8. The molecular formula is C10H11N3O2. The van der Waals surface area contributed by atoms with Crippen molar-refractivity contribution >= 4 is 23.0 Å². The van der Waals surface area contributed by atoms with Crippen LogP contribution in [0.2, 0.25) is 0 Å². The number of carboxylic acids is 1. The van der Waals surface area contributed by atoms with Crippen molar-refractivity contribution in [2.24, 2.45) is 0 Å². The van der Waals surface area contributed by atoms with E-state index >= 15 is 0 Å². The van der Waals surface area contributed by atoms with E-state index in [9.17, 15) is 4.79 Å². The normalized spacial score (nSPS) is 12.6. The number of para-hydroxylation sites is 2. The van der Waals surface area contributed by atoms with E-state index in [1.165, 1.54) is 0 Å². The highest BCUT2D eigenvalue weighted by Gasteiger charge is 2.11. The molecule has 78 valence electrons. The lowest BCUT2D eigenvalue weighted by Crippen LogP contribution is -2.25. The Bertz CT molecular complexity index is 459. The molecule has 0 aliphatic rings. The van der Waals surface area contributed by atoms with E-state index < -0.39 is 12.0 Å². The molecule has 5 heteroatoms. The van der Waals surface area contributed by atoms with Crippen molar-refractivity contribution in [1.29, 1.82) is 0 Å². The molecule has 5 nitrogen and oxygen atoms in total. The first-order chi connectivity index (χ1) is 7.16. The van der Waals surface area contributed by atoms with Crippen molar-refractivity contribution in [1.82, 2.24) is 9.97 Å². The minimum absolute atomic E-state index is 0.478. The lowest BCUT2D eigenvalue weighted by molar-refractivity contribution is -0.137. The number of aromatic amines is 1. The van der Waals surface area contributed by atoms with Crippen molar-refractivity contribution in [2.45, 2.75) is 13.0 Å². The molecule has 1 atom stereocenters. The maximum atomic E-state index is 10.6. The Balaban J connectivity index is 2.26. The van der Waals surface area contributed by atoms with Crippen LogP contribution in [0.25, 0.3) is 11.0 Å². The average molecular weight is 205 g/mol. The van der Waals surface area contributed by atoms with Crippen LogP contribution in [0.5, 0.6) is 0 Å². The molecule has 0 amide bonds. The number of benzene rings is 1. The molecule has 1 aromatic carbocycles. The van der Waals surface area contributed by atoms with Gasteiger partial charge in [0.05, 0.1) is 11.0 Å². The third kappa shape index (κ3) is 1.90. The Morgan fingerprint density at radius 3 is 2.93 bits per heavy atom. The number of aliphatic carboxylic acids is 1. The van der Waals surface area contributed by atoms with Crippen LogP contribution < -0.4 is 5.32 Å². The number of nitrogens with zero attached hydrogens (tertiary/aromatic N) is 1. The fourth-order valence-electron chi connectivity index (χ4n) is 1.29. The molecule has 1 heterocycles. The number of hydrogen-bond donors (Lipinski definition) is 3. The topological polar surface area (TPSA) is 78.0 Å². The van der Waals surface area contributed by atoms with E-state index in [0.717, 1.165) is 11.0 Å². The van der Waals surface area contributed by atoms with Gasteiger partial charge in [-0.25, -0.2) is 4.98 Å². The fourth-order valence-corrected chi connectivity index (χ4v) is 1.29. The van der Waals surface area contributed by atoms with Gasteiger partial charge in [0, 0.05) is 0 Å². The molecule has 0 radical (unpaired) electrons. The Morgan fingerprint density at radius 2 is 2.27 bits per heavy atom. The molecule has 2 rings (SSSR count). The van der Waals surface area contributed by atoms with Crippen LogP contribution in [0.1, 0.15) is 6.92 Å². The van der Waals surface area contributed by atoms with E-state index in [-0.39, 0.29) is 0 Å². The number of carbonyl (C=O) groups is 1. The highest BCUT2D eigenvalue weighted by Crippen LogP contribution is 2.13. The molecule has 3 N–H and O–H groups in total. The smallest absolute Gasteiger partial charge is 0.325 e. The van der Waals surface area contributed by atoms with Gasteiger partial charge in [-0.05, 0) is 19.1 Å². The van der Waals surface area contributed by atoms with Crippen LogP contribution in [0, 0.1) is 0 Å². The SMILES string of the molecule is CC(Nc1nc2ccccc2[nH]1)C(=O)O. The number of rotatable bonds is 3. The first-order valence-electron chi connectivity index (χ1n) is 4.61. The molecule has 1 unspecified atom stereocenters. The standard InChI is InChI=1S/C10H11N3O2/c1-6(9(14)15)11-10-12-7-4-2-3-5-8(7)13-10/h2-6H,1H3,(H,14,15)(H2,11,12,13). The summed E-state index contributed by atoms with van der Waals surface area (Å²) < 4.78 is 0. The van der Waals surface area contributed by atoms with Crippen molar-refractivity contribution in [2.75, 3.05) is 5.32 Å². The number of anilines is 1. The van der Waals surface area contributed by atoms with Gasteiger partial charge in [0.2, 0.25) is 5.95 Å². The van der Waals surface area contributed by atoms with Crippen LogP contribution in [-0.2, 0) is 4.79 Å². The molecule has 0 spiro atoms. The molecule has 0 aliphatic heterocycles. The van der Waals surface area contributed by atoms with Crippen LogP contribution in [0.4, 0.5) is 5.95 Å². The second kappa shape index (κ2) is 3.61. The summed E-state index contributed by atoms with van der Waals surface area (Å²) in [5.74, 6) is -0.429. The maximum Gasteiger partial charge on any atom is 0.325 e. The summed E-state index contributed by atoms with van der Waals surface area (Å²) in [7, 11) is 0. The maximum absolute atomic E-state index is 10.6. The van der Waals surface area contributed by atoms with E-state index in [0.29, 0.717) is 5.95 Å². The van der Waals surface area contributed by atoms with Gasteiger partial charge in [-0.15, -0.1) is 0 Å². The van der Waals surface area contributed by atoms with Gasteiger partial charge in [-0.3, -0.25) is 4.79 Å². The van der Waals surface area contributed by atoms with Crippen molar-refractivity contribution in [3.8, 4) is 0 Å². The summed E-state index contributed by atoms with van der Waals surface area (Å²) >= 11 is 0. The average Bonchev–Trinajstić information content (AvgIpc) is 2.59. The lowest BCUT2D eigenvalue weighted by Gasteiger charge is -2.06. The van der Waals surface area contributed by atoms with Gasteiger partial charge in [0.15, 0.2) is 0 Å². The van der Waals surface area contributed by atoms with Crippen LogP contribution in [0.15, 0.2) is 24.3 Å². The van der Waals surface area contributed by atoms with Crippen molar-refractivity contribution in [3.05, 3.63) is 24.3 Å². The predicted octanol–water partition coefficient (Wildman–Crippen LogP) is 1.45. The van der Waals surface area contributed by atoms with Gasteiger partial charge in [-0.2, -0.15) is 0 Å². The van der Waals surface area contributed by atoms with Gasteiger partial charge < -0.3 is 15.4 Å². The molecule has 15 heavy (non-hydrogen) atoms. The number of hydrogen-bond acceptors (Lipinski definition) is 3. The minimum Gasteiger partial charge on any atom is -0.480 e. The largest absolute Gasteiger partial charge is 0.480 e. The van der Waals surface area contributed by atoms with Gasteiger partial charge in [-0.1, -0.05) is 12.1 Å². The Morgan fingerprint density at radius 1 is 1.53 bits per heavy atom. The molecule has 0 saturated heterocycles. The number of aromatic nitrogens is 2. The third-order valence-electron chi connectivity index (χ3n) is 2.11. The summed E-state index contributed by atoms with van der Waals surface area (Å²) in [4.78, 5) is 17.8. The lowest BCUT2D eigenvalue weighted by atomic mass is 10.3. The number of imidazole rings is 1. The summed E-state index contributed by atoms with van der Waals surface area (Å²) in [5.41, 5.74) is 1.70. The second-order valence-corrected chi connectivity index (χ2v) is 3.31. The second-order valence-electron chi connectivity index (χ2n) is 3.31. The zero-order valence-corrected chi connectivity index (χ0v) is 8.19. The first-order valence-corrected chi connectivity index (χ1v) is 4.61. The third-order valence-corrected chi connectivity index (χ3v) is 2.11. The van der Waals surface area contributed by atoms with Gasteiger partial charge in [0.1, 0.15) is 6.04 Å². The molecule has 0 saturated carbocycles. The van der Waals surface area contributed by atoms with E-state index in [1.54, 1.807) is 6.92 Å². The van der Waals surface area contributed by atoms with Crippen LogP contribution in [0.3, 0.4) is 0 Å². The summed E-state index contributed by atoms with van der Waals surface area (Å²) in [6.45, 7) is 1.56. The molecular weight excluding hydrogens is 194 g/mol. The van der Waals surface area contributed by atoms with Gasteiger partial charge in [0.25, 0.3) is 0 Å². The molecule has 0 aliphatic carbocycles. The predicted molar refractivity (Wildman–Crippen MR) is 56.8 cm³/mol. The van der Waals surface area contributed by atoms with E-state index in [2.05, 4.69) is 15.3 Å². The summed E-state index contributed by atoms with van der Waals surface area (Å²) in [6, 6.07) is 6.87. The minimum atomic E-state index is -0.907.